The van der Waals surface area contributed by atoms with Crippen molar-refractivity contribution in [1.82, 2.24) is 0 Å². The first-order chi connectivity index (χ1) is 6.15. The van der Waals surface area contributed by atoms with Crippen molar-refractivity contribution >= 4 is 11.8 Å². The molecule has 3 nitrogen and oxygen atoms in total. The summed E-state index contributed by atoms with van der Waals surface area (Å²) < 4.78 is 0. The smallest absolute Gasteiger partial charge is 0.303 e. The maximum Gasteiger partial charge on any atom is 0.303 e. The van der Waals surface area contributed by atoms with Crippen molar-refractivity contribution in [2.45, 2.75) is 32.1 Å². The molecule has 1 N–H and O–H groups in total. The molecule has 0 saturated heterocycles. The van der Waals surface area contributed by atoms with Gasteiger partial charge in [0.25, 0.3) is 0 Å². The summed E-state index contributed by atoms with van der Waals surface area (Å²) >= 11 is 0. The summed E-state index contributed by atoms with van der Waals surface area (Å²) in [5, 5.41) is 8.62. The summed E-state index contributed by atoms with van der Waals surface area (Å²) in [6.07, 6.45) is 3.63. The minimum Gasteiger partial charge on any atom is -0.481 e. The van der Waals surface area contributed by atoms with Crippen molar-refractivity contribution < 1.29 is 14.7 Å². The predicted octanol–water partition coefficient (Wildman–Crippen LogP) is 1.47. The highest BCUT2D eigenvalue weighted by Gasteiger charge is 2.41. The summed E-state index contributed by atoms with van der Waals surface area (Å²) in [5.41, 5.74) is 0. The molecule has 0 aromatic rings. The van der Waals surface area contributed by atoms with Crippen molar-refractivity contribution in [3.05, 3.63) is 0 Å². The highest BCUT2D eigenvalue weighted by molar-refractivity contribution is 5.81. The molecule has 3 heteroatoms. The van der Waals surface area contributed by atoms with Crippen LogP contribution < -0.4 is 0 Å². The molecular weight excluding hydrogens is 168 g/mol. The molecule has 2 aliphatic rings. The van der Waals surface area contributed by atoms with Crippen LogP contribution >= 0.6 is 0 Å². The van der Waals surface area contributed by atoms with E-state index >= 15 is 0 Å². The molecule has 2 rings (SSSR count). The fourth-order valence-electron chi connectivity index (χ4n) is 2.92. The molecule has 0 aromatic carbocycles. The number of hydrogen-bond acceptors (Lipinski definition) is 2. The number of carboxylic acids is 1. The molecule has 0 unspecified atom stereocenters. The highest BCUT2D eigenvalue weighted by Crippen LogP contribution is 2.46. The van der Waals surface area contributed by atoms with E-state index in [1.165, 1.54) is 0 Å². The quantitative estimate of drug-likeness (QED) is 0.703. The molecule has 0 bridgehead atoms. The summed E-state index contributed by atoms with van der Waals surface area (Å²) in [5.74, 6) is 1.04. The van der Waals surface area contributed by atoms with E-state index in [4.69, 9.17) is 5.11 Å². The van der Waals surface area contributed by atoms with Crippen LogP contribution in [0.4, 0.5) is 0 Å². The van der Waals surface area contributed by atoms with Crippen molar-refractivity contribution in [2.24, 2.45) is 17.8 Å². The van der Waals surface area contributed by atoms with Gasteiger partial charge in [-0.25, -0.2) is 0 Å². The lowest BCUT2D eigenvalue weighted by Crippen LogP contribution is -2.06. The Morgan fingerprint density at radius 1 is 1.31 bits per heavy atom. The minimum atomic E-state index is -0.698. The molecule has 72 valence electrons. The Labute approximate surface area is 77.1 Å². The second-order valence-corrected chi connectivity index (χ2v) is 4.40. The van der Waals surface area contributed by atoms with Gasteiger partial charge in [0.1, 0.15) is 5.78 Å². The molecule has 0 aromatic heterocycles. The second-order valence-electron chi connectivity index (χ2n) is 4.40. The van der Waals surface area contributed by atoms with Crippen LogP contribution in [0, 0.1) is 17.8 Å². The van der Waals surface area contributed by atoms with Crippen molar-refractivity contribution in [3.8, 4) is 0 Å². The Kier molecular flexibility index (Phi) is 2.10. The first-order valence-corrected chi connectivity index (χ1v) is 4.88. The monoisotopic (exact) mass is 182 g/mol. The van der Waals surface area contributed by atoms with E-state index in [-0.39, 0.29) is 0 Å². The van der Waals surface area contributed by atoms with E-state index in [0.29, 0.717) is 42.8 Å². The Morgan fingerprint density at radius 3 is 2.31 bits per heavy atom. The lowest BCUT2D eigenvalue weighted by molar-refractivity contribution is -0.138. The number of aliphatic carboxylic acids is 1. The lowest BCUT2D eigenvalue weighted by atomic mass is 10.00. The molecule has 2 atom stereocenters. The van der Waals surface area contributed by atoms with Crippen LogP contribution in [-0.2, 0) is 9.59 Å². The topological polar surface area (TPSA) is 54.4 Å². The number of rotatable bonds is 2. The summed E-state index contributed by atoms with van der Waals surface area (Å²) in [7, 11) is 0. The first-order valence-electron chi connectivity index (χ1n) is 4.88. The molecule has 0 radical (unpaired) electrons. The molecule has 0 aliphatic heterocycles. The van der Waals surface area contributed by atoms with Gasteiger partial charge in [0.05, 0.1) is 0 Å². The van der Waals surface area contributed by atoms with E-state index in [0.717, 1.165) is 12.8 Å². The van der Waals surface area contributed by atoms with Crippen LogP contribution in [0.3, 0.4) is 0 Å². The normalized spacial score (nSPS) is 33.7. The van der Waals surface area contributed by atoms with Gasteiger partial charge in [-0.2, -0.15) is 0 Å². The predicted molar refractivity (Wildman–Crippen MR) is 46.2 cm³/mol. The van der Waals surface area contributed by atoms with E-state index < -0.39 is 5.97 Å². The molecule has 0 spiro atoms. The third-order valence-electron chi connectivity index (χ3n) is 3.38. The second kappa shape index (κ2) is 3.13. The summed E-state index contributed by atoms with van der Waals surface area (Å²) in [6, 6.07) is 0. The maximum absolute atomic E-state index is 11.1. The number of fused-ring (bicyclic) bond motifs is 1. The van der Waals surface area contributed by atoms with Crippen molar-refractivity contribution in [2.75, 3.05) is 0 Å². The SMILES string of the molecule is O=C(O)CC1C[C@H]2CC(=O)C[C@@H]2C1. The zero-order chi connectivity index (χ0) is 9.42. The van der Waals surface area contributed by atoms with Gasteiger partial charge in [0.15, 0.2) is 0 Å². The number of hydrogen-bond donors (Lipinski definition) is 1. The van der Waals surface area contributed by atoms with Crippen LogP contribution in [0.1, 0.15) is 32.1 Å². The number of carboxylic acid groups (broad SMARTS) is 1. The van der Waals surface area contributed by atoms with E-state index in [1.54, 1.807) is 0 Å². The van der Waals surface area contributed by atoms with E-state index in [2.05, 4.69) is 0 Å². The van der Waals surface area contributed by atoms with Gasteiger partial charge < -0.3 is 5.11 Å². The molecule has 2 saturated carbocycles. The number of Topliss-reactive ketones (excluding diaryl/α,β-unsaturated/α-hetero) is 1. The van der Waals surface area contributed by atoms with Crippen LogP contribution in [-0.4, -0.2) is 16.9 Å². The average Bonchev–Trinajstić information content (AvgIpc) is 2.41. The average molecular weight is 182 g/mol. The van der Waals surface area contributed by atoms with Crippen LogP contribution in [0.25, 0.3) is 0 Å². The Morgan fingerprint density at radius 2 is 1.85 bits per heavy atom. The van der Waals surface area contributed by atoms with Gasteiger partial charge in [-0.3, -0.25) is 9.59 Å². The number of carbonyl (C=O) groups is 2. The standard InChI is InChI=1S/C10H14O3/c11-9-4-7-1-6(3-10(12)13)2-8(7)5-9/h6-8H,1-5H2,(H,12,13)/t7-,8-/m0/s1. The van der Waals surface area contributed by atoms with Crippen LogP contribution in [0.15, 0.2) is 0 Å². The Balaban J connectivity index is 1.90. The number of ketones is 1. The van der Waals surface area contributed by atoms with Gasteiger partial charge in [-0.15, -0.1) is 0 Å². The van der Waals surface area contributed by atoms with Gasteiger partial charge in [0.2, 0.25) is 0 Å². The third-order valence-corrected chi connectivity index (χ3v) is 3.38. The Hall–Kier alpha value is -0.860. The zero-order valence-electron chi connectivity index (χ0n) is 7.53. The molecule has 13 heavy (non-hydrogen) atoms. The van der Waals surface area contributed by atoms with Gasteiger partial charge in [0, 0.05) is 19.3 Å². The highest BCUT2D eigenvalue weighted by atomic mass is 16.4. The molecule has 2 fully saturated rings. The fraction of sp³-hybridized carbons (Fsp3) is 0.800. The summed E-state index contributed by atoms with van der Waals surface area (Å²) in [4.78, 5) is 21.5. The minimum absolute atomic E-state index is 0.293. The van der Waals surface area contributed by atoms with Crippen LogP contribution in [0.5, 0.6) is 0 Å². The Bertz CT molecular complexity index is 231. The lowest BCUT2D eigenvalue weighted by Gasteiger charge is -2.05. The van der Waals surface area contributed by atoms with Gasteiger partial charge in [-0.1, -0.05) is 0 Å². The van der Waals surface area contributed by atoms with Crippen LogP contribution in [0.2, 0.25) is 0 Å². The van der Waals surface area contributed by atoms with Crippen molar-refractivity contribution in [3.63, 3.8) is 0 Å². The summed E-state index contributed by atoms with van der Waals surface area (Å²) in [6.45, 7) is 0. The fourth-order valence-corrected chi connectivity index (χ4v) is 2.92. The third kappa shape index (κ3) is 1.74. The first kappa shape index (κ1) is 8.73. The molecular formula is C10H14O3. The maximum atomic E-state index is 11.1. The largest absolute Gasteiger partial charge is 0.481 e. The zero-order valence-corrected chi connectivity index (χ0v) is 7.53. The molecule has 0 amide bonds. The van der Waals surface area contributed by atoms with E-state index in [1.807, 2.05) is 0 Å². The molecule has 0 heterocycles. The number of carbonyl (C=O) groups excluding carboxylic acids is 1. The molecule has 2 aliphatic carbocycles. The van der Waals surface area contributed by atoms with E-state index in [9.17, 15) is 9.59 Å². The van der Waals surface area contributed by atoms with Gasteiger partial charge in [-0.05, 0) is 30.6 Å². The van der Waals surface area contributed by atoms with Gasteiger partial charge >= 0.3 is 5.97 Å². The van der Waals surface area contributed by atoms with Crippen molar-refractivity contribution in [1.29, 1.82) is 0 Å².